The maximum absolute atomic E-state index is 14.2. The SMILES string of the molecule is CC[C@@H](C(=O)NC1CCCC1)N(Cc1ccc(OC)cc1)C(=O)CN(c1ccccc1)S(=O)(=O)c1ccc(OC)cc1. The number of ether oxygens (including phenoxy) is 2. The number of amides is 2. The van der Waals surface area contributed by atoms with Crippen LogP contribution >= 0.6 is 0 Å². The third-order valence-electron chi connectivity index (χ3n) is 7.57. The lowest BCUT2D eigenvalue weighted by Gasteiger charge is -2.33. The third kappa shape index (κ3) is 7.42. The maximum atomic E-state index is 14.2. The summed E-state index contributed by atoms with van der Waals surface area (Å²) in [6.07, 6.45) is 4.32. The fourth-order valence-corrected chi connectivity index (χ4v) is 6.63. The van der Waals surface area contributed by atoms with E-state index in [9.17, 15) is 18.0 Å². The molecule has 1 aliphatic rings. The van der Waals surface area contributed by atoms with E-state index in [0.717, 1.165) is 35.6 Å². The van der Waals surface area contributed by atoms with Crippen molar-refractivity contribution in [3.63, 3.8) is 0 Å². The summed E-state index contributed by atoms with van der Waals surface area (Å²) in [6.45, 7) is 1.50. The van der Waals surface area contributed by atoms with Crippen LogP contribution in [0.15, 0.2) is 83.8 Å². The first-order valence-electron chi connectivity index (χ1n) is 14.2. The van der Waals surface area contributed by atoms with Gasteiger partial charge in [-0.15, -0.1) is 0 Å². The highest BCUT2D eigenvalue weighted by molar-refractivity contribution is 7.92. The largest absolute Gasteiger partial charge is 0.497 e. The molecule has 42 heavy (non-hydrogen) atoms. The molecule has 0 unspecified atom stereocenters. The van der Waals surface area contributed by atoms with Crippen LogP contribution in [-0.2, 0) is 26.2 Å². The Kier molecular flexibility index (Phi) is 10.5. The van der Waals surface area contributed by atoms with E-state index in [1.807, 2.05) is 19.1 Å². The molecule has 0 radical (unpaired) electrons. The number of carbonyl (C=O) groups is 2. The number of para-hydroxylation sites is 1. The monoisotopic (exact) mass is 593 g/mol. The first-order chi connectivity index (χ1) is 20.3. The minimum Gasteiger partial charge on any atom is -0.497 e. The molecule has 0 aliphatic heterocycles. The molecule has 224 valence electrons. The number of methoxy groups -OCH3 is 2. The van der Waals surface area contributed by atoms with Gasteiger partial charge in [0.25, 0.3) is 10.0 Å². The summed E-state index contributed by atoms with van der Waals surface area (Å²) in [5.41, 5.74) is 1.13. The van der Waals surface area contributed by atoms with E-state index >= 15 is 0 Å². The first kappa shape index (κ1) is 30.9. The quantitative estimate of drug-likeness (QED) is 0.306. The summed E-state index contributed by atoms with van der Waals surface area (Å²) in [5, 5.41) is 3.12. The first-order valence-corrected chi connectivity index (χ1v) is 15.7. The fourth-order valence-electron chi connectivity index (χ4n) is 5.21. The van der Waals surface area contributed by atoms with Gasteiger partial charge in [0.1, 0.15) is 24.1 Å². The minimum absolute atomic E-state index is 0.0210. The number of nitrogens with zero attached hydrogens (tertiary/aromatic N) is 2. The molecule has 0 bridgehead atoms. The molecule has 0 heterocycles. The Morgan fingerprint density at radius 1 is 0.881 bits per heavy atom. The Morgan fingerprint density at radius 3 is 2.00 bits per heavy atom. The topological polar surface area (TPSA) is 105 Å². The molecule has 1 aliphatic carbocycles. The van der Waals surface area contributed by atoms with Crippen molar-refractivity contribution in [3.05, 3.63) is 84.4 Å². The summed E-state index contributed by atoms with van der Waals surface area (Å²) < 4.78 is 39.4. The normalized spacial score (nSPS) is 14.2. The zero-order valence-electron chi connectivity index (χ0n) is 24.4. The number of benzene rings is 3. The second-order valence-electron chi connectivity index (χ2n) is 10.3. The highest BCUT2D eigenvalue weighted by Gasteiger charge is 2.34. The number of hydrogen-bond acceptors (Lipinski definition) is 6. The maximum Gasteiger partial charge on any atom is 0.264 e. The van der Waals surface area contributed by atoms with Crippen LogP contribution in [0.3, 0.4) is 0 Å². The second kappa shape index (κ2) is 14.2. The Bertz CT molecular complexity index is 1420. The van der Waals surface area contributed by atoms with E-state index in [4.69, 9.17) is 9.47 Å². The van der Waals surface area contributed by atoms with E-state index in [1.165, 1.54) is 24.1 Å². The van der Waals surface area contributed by atoms with Gasteiger partial charge in [-0.25, -0.2) is 8.42 Å². The average molecular weight is 594 g/mol. The van der Waals surface area contributed by atoms with Crippen molar-refractivity contribution in [3.8, 4) is 11.5 Å². The van der Waals surface area contributed by atoms with Gasteiger partial charge >= 0.3 is 0 Å². The fraction of sp³-hybridized carbons (Fsp3) is 0.375. The molecule has 4 rings (SSSR count). The molecule has 0 spiro atoms. The van der Waals surface area contributed by atoms with Gasteiger partial charge in [-0.1, -0.05) is 50.1 Å². The summed E-state index contributed by atoms with van der Waals surface area (Å²) >= 11 is 0. The molecule has 1 N–H and O–H groups in total. The molecule has 3 aromatic rings. The van der Waals surface area contributed by atoms with Crippen LogP contribution in [0.2, 0.25) is 0 Å². The van der Waals surface area contributed by atoms with E-state index in [2.05, 4.69) is 5.32 Å². The van der Waals surface area contributed by atoms with Crippen molar-refractivity contribution in [2.45, 2.75) is 62.6 Å². The van der Waals surface area contributed by atoms with Crippen molar-refractivity contribution >= 4 is 27.5 Å². The van der Waals surface area contributed by atoms with Crippen LogP contribution < -0.4 is 19.1 Å². The lowest BCUT2D eigenvalue weighted by molar-refractivity contribution is -0.140. The van der Waals surface area contributed by atoms with Crippen molar-refractivity contribution in [1.82, 2.24) is 10.2 Å². The van der Waals surface area contributed by atoms with E-state index < -0.39 is 28.5 Å². The Hall–Kier alpha value is -4.05. The second-order valence-corrected chi connectivity index (χ2v) is 12.2. The van der Waals surface area contributed by atoms with Gasteiger partial charge in [-0.3, -0.25) is 13.9 Å². The summed E-state index contributed by atoms with van der Waals surface area (Å²) in [6, 6.07) is 21.1. The molecule has 0 aromatic heterocycles. The van der Waals surface area contributed by atoms with Crippen LogP contribution in [0.5, 0.6) is 11.5 Å². The van der Waals surface area contributed by atoms with Gasteiger partial charge in [0.05, 0.1) is 24.8 Å². The van der Waals surface area contributed by atoms with Crippen LogP contribution in [0.1, 0.15) is 44.6 Å². The molecule has 1 atom stereocenters. The molecule has 1 fully saturated rings. The molecule has 0 saturated heterocycles. The summed E-state index contributed by atoms with van der Waals surface area (Å²) in [5.74, 6) is 0.472. The molecular weight excluding hydrogens is 554 g/mol. The number of anilines is 1. The van der Waals surface area contributed by atoms with E-state index in [-0.39, 0.29) is 23.4 Å². The lowest BCUT2D eigenvalue weighted by atomic mass is 10.1. The van der Waals surface area contributed by atoms with Crippen LogP contribution in [0.25, 0.3) is 0 Å². The predicted molar refractivity (Wildman–Crippen MR) is 162 cm³/mol. The van der Waals surface area contributed by atoms with Crippen LogP contribution in [0.4, 0.5) is 5.69 Å². The lowest BCUT2D eigenvalue weighted by Crippen LogP contribution is -2.53. The predicted octanol–water partition coefficient (Wildman–Crippen LogP) is 4.77. The number of carbonyl (C=O) groups excluding carboxylic acids is 2. The molecule has 9 nitrogen and oxygen atoms in total. The van der Waals surface area contributed by atoms with Gasteiger partial charge in [0, 0.05) is 12.6 Å². The Morgan fingerprint density at radius 2 is 1.45 bits per heavy atom. The third-order valence-corrected chi connectivity index (χ3v) is 9.36. The zero-order valence-corrected chi connectivity index (χ0v) is 25.2. The molecule has 2 amide bonds. The molecule has 1 saturated carbocycles. The van der Waals surface area contributed by atoms with E-state index in [1.54, 1.807) is 61.7 Å². The summed E-state index contributed by atoms with van der Waals surface area (Å²) in [7, 11) is -1.07. The van der Waals surface area contributed by atoms with Crippen molar-refractivity contribution < 1.29 is 27.5 Å². The Labute approximate surface area is 248 Å². The van der Waals surface area contributed by atoms with Gasteiger partial charge in [0.15, 0.2) is 0 Å². The van der Waals surface area contributed by atoms with Gasteiger partial charge in [-0.05, 0) is 73.4 Å². The van der Waals surface area contributed by atoms with Crippen molar-refractivity contribution in [2.75, 3.05) is 25.1 Å². The van der Waals surface area contributed by atoms with Crippen LogP contribution in [-0.4, -0.2) is 58.0 Å². The van der Waals surface area contributed by atoms with Crippen molar-refractivity contribution in [1.29, 1.82) is 0 Å². The molecule has 3 aromatic carbocycles. The van der Waals surface area contributed by atoms with Gasteiger partial charge < -0.3 is 19.7 Å². The summed E-state index contributed by atoms with van der Waals surface area (Å²) in [4.78, 5) is 29.2. The molecular formula is C32H39N3O6S. The molecule has 10 heteroatoms. The number of sulfonamides is 1. The standard InChI is InChI=1S/C32H39N3O6S/c1-4-30(32(37)33-25-10-8-9-11-25)34(22-24-14-16-27(40-2)17-15-24)31(36)23-35(26-12-6-5-7-13-26)42(38,39)29-20-18-28(41-3)19-21-29/h5-7,12-21,25,30H,4,8-11,22-23H2,1-3H3,(H,33,37)/t30-/m0/s1. The smallest absolute Gasteiger partial charge is 0.264 e. The van der Waals surface area contributed by atoms with Gasteiger partial charge in [0.2, 0.25) is 11.8 Å². The highest BCUT2D eigenvalue weighted by atomic mass is 32.2. The van der Waals surface area contributed by atoms with Gasteiger partial charge in [-0.2, -0.15) is 0 Å². The number of hydrogen-bond donors (Lipinski definition) is 1. The number of nitrogens with one attached hydrogen (secondary N) is 1. The van der Waals surface area contributed by atoms with E-state index in [0.29, 0.717) is 23.6 Å². The minimum atomic E-state index is -4.15. The number of rotatable bonds is 13. The van der Waals surface area contributed by atoms with Crippen molar-refractivity contribution in [2.24, 2.45) is 0 Å². The van der Waals surface area contributed by atoms with Crippen LogP contribution in [0, 0.1) is 0 Å². The highest BCUT2D eigenvalue weighted by Crippen LogP contribution is 2.26. The Balaban J connectivity index is 1.69. The average Bonchev–Trinajstić information content (AvgIpc) is 3.53. The zero-order chi connectivity index (χ0) is 30.1.